The highest BCUT2D eigenvalue weighted by molar-refractivity contribution is 6.36. The van der Waals surface area contributed by atoms with Crippen molar-refractivity contribution in [3.8, 4) is 5.69 Å². The van der Waals surface area contributed by atoms with Gasteiger partial charge in [-0.15, -0.1) is 0 Å². The number of nitrogens with zero attached hydrogens (tertiary/aromatic N) is 3. The van der Waals surface area contributed by atoms with Gasteiger partial charge in [0.15, 0.2) is 5.43 Å². The summed E-state index contributed by atoms with van der Waals surface area (Å²) in [5, 5.41) is 5.16. The van der Waals surface area contributed by atoms with Gasteiger partial charge in [0.05, 0.1) is 22.1 Å². The van der Waals surface area contributed by atoms with Crippen LogP contribution in [0.2, 0.25) is 5.02 Å². The van der Waals surface area contributed by atoms with E-state index in [0.29, 0.717) is 49.6 Å². The van der Waals surface area contributed by atoms with Crippen LogP contribution in [-0.4, -0.2) is 19.5 Å². The third kappa shape index (κ3) is 3.47. The summed E-state index contributed by atoms with van der Waals surface area (Å²) in [6.07, 6.45) is 4.56. The smallest absolute Gasteiger partial charge is 0.263 e. The van der Waals surface area contributed by atoms with Crippen molar-refractivity contribution in [3.05, 3.63) is 111 Å². The molecule has 0 amide bonds. The fraction of sp³-hybridized carbons (Fsp3) is 0.0769. The third-order valence-electron chi connectivity index (χ3n) is 5.76. The number of hydrogen-bond acceptors (Lipinski definition) is 5. The molecule has 0 spiro atoms. The normalized spacial score (nSPS) is 12.1. The summed E-state index contributed by atoms with van der Waals surface area (Å²) in [4.78, 5) is 37.8. The quantitative estimate of drug-likeness (QED) is 0.374. The van der Waals surface area contributed by atoms with Gasteiger partial charge in [-0.3, -0.25) is 14.2 Å². The summed E-state index contributed by atoms with van der Waals surface area (Å²) in [6.45, 7) is 5.72. The number of para-hydroxylation sites is 1. The van der Waals surface area contributed by atoms with E-state index in [1.54, 1.807) is 10.6 Å². The molecular weight excluding hydrogens is 450 g/mol. The van der Waals surface area contributed by atoms with Gasteiger partial charge >= 0.3 is 0 Å². The van der Waals surface area contributed by atoms with Gasteiger partial charge in [0.1, 0.15) is 23.2 Å². The van der Waals surface area contributed by atoms with E-state index < -0.39 is 6.04 Å². The molecule has 0 aliphatic rings. The first-order valence-corrected chi connectivity index (χ1v) is 11.0. The van der Waals surface area contributed by atoms with Crippen LogP contribution < -0.4 is 16.3 Å². The van der Waals surface area contributed by atoms with Crippen LogP contribution in [0.5, 0.6) is 0 Å². The zero-order chi connectivity index (χ0) is 23.8. The average Bonchev–Trinajstić information content (AvgIpc) is 2.86. The summed E-state index contributed by atoms with van der Waals surface area (Å²) in [5.74, 6) is 0.349. The van der Waals surface area contributed by atoms with Gasteiger partial charge in [0.2, 0.25) is 0 Å². The van der Waals surface area contributed by atoms with Crippen LogP contribution in [0.3, 0.4) is 0 Å². The first kappa shape index (κ1) is 21.6. The second kappa shape index (κ2) is 8.61. The van der Waals surface area contributed by atoms with E-state index in [1.165, 1.54) is 18.6 Å². The maximum atomic E-state index is 13.9. The Morgan fingerprint density at radius 2 is 1.85 bits per heavy atom. The molecule has 0 bridgehead atoms. The van der Waals surface area contributed by atoms with Crippen molar-refractivity contribution in [2.24, 2.45) is 0 Å². The molecule has 7 nitrogen and oxygen atoms in total. The minimum absolute atomic E-state index is 0.213. The lowest BCUT2D eigenvalue weighted by atomic mass is 10.0. The zero-order valence-electron chi connectivity index (χ0n) is 18.2. The Balaban J connectivity index is 1.79. The topological polar surface area (TPSA) is 92.7 Å². The van der Waals surface area contributed by atoms with E-state index in [0.717, 1.165) is 0 Å². The molecule has 0 aliphatic carbocycles. The van der Waals surface area contributed by atoms with Gasteiger partial charge in [0.25, 0.3) is 5.56 Å². The molecule has 0 radical (unpaired) electrons. The van der Waals surface area contributed by atoms with Crippen LogP contribution >= 0.6 is 11.6 Å². The summed E-state index contributed by atoms with van der Waals surface area (Å²) in [6, 6.07) is 15.7. The van der Waals surface area contributed by atoms with Crippen molar-refractivity contribution in [2.45, 2.75) is 13.0 Å². The number of benzene rings is 2. The van der Waals surface area contributed by atoms with Crippen LogP contribution in [0, 0.1) is 0 Å². The first-order chi connectivity index (χ1) is 16.5. The van der Waals surface area contributed by atoms with Crippen molar-refractivity contribution in [1.29, 1.82) is 0 Å². The molecule has 2 aromatic carbocycles. The van der Waals surface area contributed by atoms with Crippen molar-refractivity contribution in [1.82, 2.24) is 19.5 Å². The van der Waals surface area contributed by atoms with Crippen molar-refractivity contribution in [2.75, 3.05) is 5.32 Å². The van der Waals surface area contributed by atoms with Crippen molar-refractivity contribution < 1.29 is 0 Å². The lowest BCUT2D eigenvalue weighted by Crippen LogP contribution is -2.27. The molecule has 3 aromatic heterocycles. The number of fused-ring (bicyclic) bond motifs is 2. The molecule has 168 valence electrons. The predicted molar refractivity (Wildman–Crippen MR) is 137 cm³/mol. The lowest BCUT2D eigenvalue weighted by molar-refractivity contribution is 0.774. The number of hydrogen-bond donors (Lipinski definition) is 2. The van der Waals surface area contributed by atoms with Gasteiger partial charge in [-0.25, -0.2) is 9.97 Å². The number of pyridine rings is 2. The highest BCUT2D eigenvalue weighted by Gasteiger charge is 2.23. The van der Waals surface area contributed by atoms with E-state index in [2.05, 4.69) is 26.8 Å². The molecule has 34 heavy (non-hydrogen) atoms. The minimum Gasteiger partial charge on any atom is -0.361 e. The Bertz CT molecular complexity index is 1670. The number of nitrogens with one attached hydrogen (secondary N) is 2. The van der Waals surface area contributed by atoms with Gasteiger partial charge in [0, 0.05) is 23.3 Å². The van der Waals surface area contributed by atoms with Crippen LogP contribution in [0.4, 0.5) is 5.82 Å². The van der Waals surface area contributed by atoms with Gasteiger partial charge < -0.3 is 10.3 Å². The van der Waals surface area contributed by atoms with E-state index in [-0.39, 0.29) is 11.0 Å². The van der Waals surface area contributed by atoms with Gasteiger partial charge in [-0.2, -0.15) is 0 Å². The lowest BCUT2D eigenvalue weighted by Gasteiger charge is -2.23. The molecule has 0 saturated carbocycles. The van der Waals surface area contributed by atoms with Crippen LogP contribution in [-0.2, 0) is 0 Å². The molecule has 3 heterocycles. The Labute approximate surface area is 199 Å². The minimum atomic E-state index is -0.491. The highest BCUT2D eigenvalue weighted by atomic mass is 35.5. The molecule has 8 heteroatoms. The maximum absolute atomic E-state index is 13.9. The Kier molecular flexibility index (Phi) is 5.47. The third-order valence-corrected chi connectivity index (χ3v) is 6.16. The zero-order valence-corrected chi connectivity index (χ0v) is 19.0. The predicted octanol–water partition coefficient (Wildman–Crippen LogP) is 5.09. The number of rotatable bonds is 5. The first-order valence-electron chi connectivity index (χ1n) is 10.6. The molecule has 5 aromatic rings. The van der Waals surface area contributed by atoms with Crippen LogP contribution in [0.25, 0.3) is 33.6 Å². The fourth-order valence-corrected chi connectivity index (χ4v) is 4.63. The molecule has 0 aliphatic heterocycles. The Morgan fingerprint density at radius 1 is 1.06 bits per heavy atom. The molecule has 0 fully saturated rings. The standard InChI is InChI=1S/C26H20ClN5O2/c1-3-16-8-7-11-18-20(16)26(34)32(17-9-5-4-6-10-17)23(22(18)27)15(2)31-25-21-19(33)12-13-28-24(21)29-14-30-25/h3-15H,1H2,2H3,(H2,28,29,30,31,33)/t15-/m0/s1. The number of anilines is 1. The molecule has 5 rings (SSSR count). The van der Waals surface area contributed by atoms with Crippen molar-refractivity contribution >= 4 is 45.3 Å². The molecular formula is C26H20ClN5O2. The Hall–Kier alpha value is -4.23. The largest absolute Gasteiger partial charge is 0.361 e. The second-order valence-corrected chi connectivity index (χ2v) is 8.18. The number of halogens is 1. The van der Waals surface area contributed by atoms with E-state index in [9.17, 15) is 9.59 Å². The average molecular weight is 470 g/mol. The summed E-state index contributed by atoms with van der Waals surface area (Å²) >= 11 is 6.97. The monoisotopic (exact) mass is 469 g/mol. The summed E-state index contributed by atoms with van der Waals surface area (Å²) in [7, 11) is 0. The summed E-state index contributed by atoms with van der Waals surface area (Å²) < 4.78 is 1.60. The maximum Gasteiger partial charge on any atom is 0.263 e. The van der Waals surface area contributed by atoms with Crippen molar-refractivity contribution in [3.63, 3.8) is 0 Å². The molecule has 0 saturated heterocycles. The highest BCUT2D eigenvalue weighted by Crippen LogP contribution is 2.34. The number of H-pyrrole nitrogens is 1. The second-order valence-electron chi connectivity index (χ2n) is 7.80. The van der Waals surface area contributed by atoms with Crippen LogP contribution in [0.15, 0.2) is 83.3 Å². The molecule has 1 atom stereocenters. The summed E-state index contributed by atoms with van der Waals surface area (Å²) in [5.41, 5.74) is 1.90. The van der Waals surface area contributed by atoms with E-state index in [4.69, 9.17) is 11.6 Å². The van der Waals surface area contributed by atoms with Gasteiger partial charge in [-0.1, -0.05) is 60.7 Å². The SMILES string of the molecule is C=Cc1cccc2c(Cl)c([C@H](C)Nc3ncnc4[nH]ccc(=O)c34)n(-c3ccccc3)c(=O)c12. The van der Waals surface area contributed by atoms with E-state index in [1.807, 2.05) is 55.5 Å². The molecule has 2 N–H and O–H groups in total. The number of aromatic nitrogens is 4. The fourth-order valence-electron chi connectivity index (χ4n) is 4.23. The van der Waals surface area contributed by atoms with E-state index >= 15 is 0 Å². The Morgan fingerprint density at radius 3 is 2.62 bits per heavy atom. The number of aromatic amines is 1. The van der Waals surface area contributed by atoms with Crippen LogP contribution in [0.1, 0.15) is 24.2 Å². The van der Waals surface area contributed by atoms with Gasteiger partial charge in [-0.05, 0) is 24.6 Å². The molecule has 0 unspecified atom stereocenters.